The third-order valence-electron chi connectivity index (χ3n) is 3.39. The molecule has 2 aromatic carbocycles. The zero-order valence-corrected chi connectivity index (χ0v) is 14.9. The first-order valence-electron chi connectivity index (χ1n) is 7.56. The second-order valence-electron chi connectivity index (χ2n) is 5.54. The van der Waals surface area contributed by atoms with Crippen LogP contribution >= 0.6 is 0 Å². The Balaban J connectivity index is 0.000000431. The summed E-state index contributed by atoms with van der Waals surface area (Å²) in [6.07, 6.45) is 1.59. The molecule has 5 N–H and O–H groups in total. The van der Waals surface area contributed by atoms with Crippen molar-refractivity contribution in [1.82, 2.24) is 0 Å². The maximum absolute atomic E-state index is 11.9. The topological polar surface area (TPSA) is 145 Å². The summed E-state index contributed by atoms with van der Waals surface area (Å²) >= 11 is 0. The minimum atomic E-state index is -3.67. The van der Waals surface area contributed by atoms with Crippen molar-refractivity contribution >= 4 is 22.0 Å². The SMILES string of the molecule is CS(=O)(=O)O.NC(N)=NC(=O)c1cccc(-c2cccc3c2CCO3)c1. The molecule has 0 aromatic heterocycles. The van der Waals surface area contributed by atoms with Gasteiger partial charge in [0.1, 0.15) is 5.75 Å². The molecule has 0 atom stereocenters. The zero-order chi connectivity index (χ0) is 19.3. The molecular weight excluding hydrogens is 358 g/mol. The van der Waals surface area contributed by atoms with Crippen molar-refractivity contribution in [2.24, 2.45) is 16.5 Å². The van der Waals surface area contributed by atoms with Crippen LogP contribution in [0.5, 0.6) is 5.75 Å². The van der Waals surface area contributed by atoms with E-state index in [9.17, 15) is 13.2 Å². The van der Waals surface area contributed by atoms with E-state index < -0.39 is 16.0 Å². The van der Waals surface area contributed by atoms with E-state index in [1.165, 1.54) is 5.56 Å². The molecule has 1 amide bonds. The summed E-state index contributed by atoms with van der Waals surface area (Å²) in [4.78, 5) is 15.5. The lowest BCUT2D eigenvalue weighted by Crippen LogP contribution is -2.24. The van der Waals surface area contributed by atoms with Crippen LogP contribution in [0.1, 0.15) is 15.9 Å². The molecule has 0 radical (unpaired) electrons. The van der Waals surface area contributed by atoms with Crippen molar-refractivity contribution in [3.8, 4) is 16.9 Å². The van der Waals surface area contributed by atoms with E-state index in [1.807, 2.05) is 30.3 Å². The third-order valence-corrected chi connectivity index (χ3v) is 3.39. The van der Waals surface area contributed by atoms with Crippen molar-refractivity contribution in [2.45, 2.75) is 6.42 Å². The van der Waals surface area contributed by atoms with Gasteiger partial charge in [0.25, 0.3) is 16.0 Å². The fraction of sp³-hybridized carbons (Fsp3) is 0.176. The van der Waals surface area contributed by atoms with Gasteiger partial charge >= 0.3 is 0 Å². The van der Waals surface area contributed by atoms with E-state index in [0.29, 0.717) is 18.4 Å². The van der Waals surface area contributed by atoms with Crippen LogP contribution in [0, 0.1) is 0 Å². The third kappa shape index (κ3) is 5.57. The summed E-state index contributed by atoms with van der Waals surface area (Å²) in [7, 11) is -3.67. The van der Waals surface area contributed by atoms with E-state index in [1.54, 1.807) is 12.1 Å². The van der Waals surface area contributed by atoms with Crippen LogP contribution in [0.4, 0.5) is 0 Å². The minimum Gasteiger partial charge on any atom is -0.493 e. The molecule has 0 spiro atoms. The largest absolute Gasteiger partial charge is 0.493 e. The van der Waals surface area contributed by atoms with Crippen molar-refractivity contribution in [3.05, 3.63) is 53.6 Å². The van der Waals surface area contributed by atoms with Crippen LogP contribution in [-0.4, -0.2) is 37.7 Å². The Morgan fingerprint density at radius 1 is 1.19 bits per heavy atom. The van der Waals surface area contributed by atoms with Crippen molar-refractivity contribution < 1.29 is 22.5 Å². The van der Waals surface area contributed by atoms with Crippen LogP contribution in [0.15, 0.2) is 47.5 Å². The van der Waals surface area contributed by atoms with Gasteiger partial charge in [-0.3, -0.25) is 9.35 Å². The van der Waals surface area contributed by atoms with Crippen molar-refractivity contribution in [3.63, 3.8) is 0 Å². The lowest BCUT2D eigenvalue weighted by molar-refractivity contribution is 0.100. The van der Waals surface area contributed by atoms with Crippen LogP contribution in [0.3, 0.4) is 0 Å². The van der Waals surface area contributed by atoms with Gasteiger partial charge in [-0.25, -0.2) is 0 Å². The van der Waals surface area contributed by atoms with Crippen LogP contribution in [-0.2, 0) is 16.5 Å². The monoisotopic (exact) mass is 377 g/mol. The summed E-state index contributed by atoms with van der Waals surface area (Å²) in [5.41, 5.74) is 14.1. The molecule has 2 aromatic rings. The normalized spacial score (nSPS) is 12.2. The summed E-state index contributed by atoms with van der Waals surface area (Å²) < 4.78 is 31.4. The van der Waals surface area contributed by atoms with Crippen LogP contribution in [0.2, 0.25) is 0 Å². The highest BCUT2D eigenvalue weighted by molar-refractivity contribution is 7.85. The van der Waals surface area contributed by atoms with Crippen LogP contribution in [0.25, 0.3) is 11.1 Å². The summed E-state index contributed by atoms with van der Waals surface area (Å²) in [5.74, 6) is 0.230. The zero-order valence-electron chi connectivity index (χ0n) is 14.0. The Morgan fingerprint density at radius 2 is 1.85 bits per heavy atom. The van der Waals surface area contributed by atoms with Gasteiger partial charge in [0.15, 0.2) is 5.96 Å². The number of amides is 1. The van der Waals surface area contributed by atoms with E-state index >= 15 is 0 Å². The summed E-state index contributed by atoms with van der Waals surface area (Å²) in [5, 5.41) is 0. The Hall–Kier alpha value is -2.91. The Morgan fingerprint density at radius 3 is 2.50 bits per heavy atom. The van der Waals surface area contributed by atoms with Crippen molar-refractivity contribution in [1.29, 1.82) is 0 Å². The van der Waals surface area contributed by atoms with E-state index in [4.69, 9.17) is 20.8 Å². The second kappa shape index (κ2) is 7.98. The maximum atomic E-state index is 11.9. The molecule has 1 heterocycles. The van der Waals surface area contributed by atoms with Gasteiger partial charge in [0.05, 0.1) is 12.9 Å². The fourth-order valence-electron chi connectivity index (χ4n) is 2.49. The molecule has 3 rings (SSSR count). The Kier molecular flexibility index (Phi) is 5.96. The van der Waals surface area contributed by atoms with Gasteiger partial charge < -0.3 is 16.2 Å². The number of aliphatic imine (C=N–C) groups is 1. The highest BCUT2D eigenvalue weighted by atomic mass is 32.2. The molecular formula is C17H19N3O5S. The number of carbonyl (C=O) groups is 1. The lowest BCUT2D eigenvalue weighted by atomic mass is 9.96. The predicted molar refractivity (Wildman–Crippen MR) is 98.7 cm³/mol. The van der Waals surface area contributed by atoms with Gasteiger partial charge in [-0.05, 0) is 29.3 Å². The highest BCUT2D eigenvalue weighted by Crippen LogP contribution is 2.34. The number of nitrogens with two attached hydrogens (primary N) is 2. The average molecular weight is 377 g/mol. The molecule has 8 nitrogen and oxygen atoms in total. The van der Waals surface area contributed by atoms with E-state index in [0.717, 1.165) is 23.3 Å². The number of hydrogen-bond donors (Lipinski definition) is 3. The number of benzene rings is 2. The second-order valence-corrected chi connectivity index (χ2v) is 7.00. The van der Waals surface area contributed by atoms with Gasteiger partial charge in [-0.2, -0.15) is 13.4 Å². The summed E-state index contributed by atoms with van der Waals surface area (Å²) in [6, 6.07) is 13.2. The van der Waals surface area contributed by atoms with Gasteiger partial charge in [0, 0.05) is 17.5 Å². The molecule has 9 heteroatoms. The highest BCUT2D eigenvalue weighted by Gasteiger charge is 2.17. The van der Waals surface area contributed by atoms with Gasteiger partial charge in [-0.1, -0.05) is 24.3 Å². The average Bonchev–Trinajstić information content (AvgIpc) is 3.01. The van der Waals surface area contributed by atoms with E-state index in [-0.39, 0.29) is 5.96 Å². The first-order chi connectivity index (χ1) is 12.1. The number of guanidine groups is 1. The van der Waals surface area contributed by atoms with E-state index in [2.05, 4.69) is 4.99 Å². The molecule has 1 aliphatic heterocycles. The standard InChI is InChI=1S/C16H15N3O2.CH4O3S/c17-16(18)19-15(20)11-4-1-3-10(9-11)12-5-2-6-14-13(12)7-8-21-14;1-5(2,3)4/h1-6,9H,7-8H2,(H4,17,18,19,20);1H3,(H,2,3,4). The molecule has 138 valence electrons. The molecule has 0 saturated carbocycles. The Labute approximate surface area is 151 Å². The van der Waals surface area contributed by atoms with Crippen LogP contribution < -0.4 is 16.2 Å². The molecule has 1 aliphatic rings. The smallest absolute Gasteiger partial charge is 0.280 e. The molecule has 0 aliphatic carbocycles. The first-order valence-corrected chi connectivity index (χ1v) is 9.41. The van der Waals surface area contributed by atoms with Crippen molar-refractivity contribution in [2.75, 3.05) is 12.9 Å². The molecule has 0 unspecified atom stereocenters. The first kappa shape index (κ1) is 19.4. The number of hydrogen-bond acceptors (Lipinski definition) is 4. The molecule has 0 fully saturated rings. The molecule has 0 bridgehead atoms. The Bertz CT molecular complexity index is 943. The van der Waals surface area contributed by atoms with Gasteiger partial charge in [-0.15, -0.1) is 0 Å². The number of fused-ring (bicyclic) bond motifs is 1. The lowest BCUT2D eigenvalue weighted by Gasteiger charge is -2.08. The fourth-order valence-corrected chi connectivity index (χ4v) is 2.49. The quantitative estimate of drug-likeness (QED) is 0.405. The number of nitrogens with zero attached hydrogens (tertiary/aromatic N) is 1. The number of carbonyl (C=O) groups excluding carboxylic acids is 1. The maximum Gasteiger partial charge on any atom is 0.280 e. The number of ether oxygens (including phenoxy) is 1. The van der Waals surface area contributed by atoms with Gasteiger partial charge in [0.2, 0.25) is 0 Å². The predicted octanol–water partition coefficient (Wildman–Crippen LogP) is 1.21. The number of rotatable bonds is 2. The molecule has 0 saturated heterocycles. The summed E-state index contributed by atoms with van der Waals surface area (Å²) in [6.45, 7) is 0.693. The molecule has 26 heavy (non-hydrogen) atoms. The minimum absolute atomic E-state index is 0.237.